The number of carbonyl (C=O) groups is 1. The Morgan fingerprint density at radius 2 is 1.73 bits per heavy atom. The van der Waals surface area contributed by atoms with Gasteiger partial charge in [0.15, 0.2) is 0 Å². The van der Waals surface area contributed by atoms with Crippen molar-refractivity contribution < 1.29 is 17.9 Å². The van der Waals surface area contributed by atoms with E-state index in [-0.39, 0.29) is 23.3 Å². The number of likely N-dealkylation sites (N-methyl/N-ethyl adjacent to an activating group) is 1. The molecule has 2 fully saturated rings. The molecule has 8 heteroatoms. The molecule has 2 aliphatic heterocycles. The molecule has 2 aliphatic rings. The SMILES string of the molecule is COc1ccc(S(=O)(=O)N2CCC[C@@H](C(=O)N3CCN(C)CC3)C2)cc1. The highest BCUT2D eigenvalue weighted by atomic mass is 32.2. The fourth-order valence-electron chi connectivity index (χ4n) is 3.54. The van der Waals surface area contributed by atoms with Crippen LogP contribution in [0.2, 0.25) is 0 Å². The van der Waals surface area contributed by atoms with Crippen molar-refractivity contribution in [1.29, 1.82) is 0 Å². The number of amides is 1. The van der Waals surface area contributed by atoms with Crippen LogP contribution in [0.1, 0.15) is 12.8 Å². The number of sulfonamides is 1. The summed E-state index contributed by atoms with van der Waals surface area (Å²) in [5.74, 6) is 0.457. The lowest BCUT2D eigenvalue weighted by molar-refractivity contribution is -0.138. The summed E-state index contributed by atoms with van der Waals surface area (Å²) in [4.78, 5) is 17.1. The fourth-order valence-corrected chi connectivity index (χ4v) is 5.07. The van der Waals surface area contributed by atoms with Crippen LogP contribution in [0, 0.1) is 5.92 Å². The highest BCUT2D eigenvalue weighted by molar-refractivity contribution is 7.89. The van der Waals surface area contributed by atoms with Crippen molar-refractivity contribution >= 4 is 15.9 Å². The monoisotopic (exact) mass is 381 g/mol. The van der Waals surface area contributed by atoms with Gasteiger partial charge < -0.3 is 14.5 Å². The first kappa shape index (κ1) is 19.1. The molecule has 7 nitrogen and oxygen atoms in total. The van der Waals surface area contributed by atoms with Crippen LogP contribution in [0.15, 0.2) is 29.2 Å². The third-order valence-corrected chi connectivity index (χ3v) is 7.12. The van der Waals surface area contributed by atoms with E-state index in [0.29, 0.717) is 18.7 Å². The Morgan fingerprint density at radius 3 is 2.35 bits per heavy atom. The predicted molar refractivity (Wildman–Crippen MR) is 98.6 cm³/mol. The zero-order valence-corrected chi connectivity index (χ0v) is 16.2. The highest BCUT2D eigenvalue weighted by Crippen LogP contribution is 2.26. The van der Waals surface area contributed by atoms with E-state index < -0.39 is 10.0 Å². The number of piperazine rings is 1. The van der Waals surface area contributed by atoms with Gasteiger partial charge in [0.1, 0.15) is 5.75 Å². The van der Waals surface area contributed by atoms with Crippen LogP contribution in [-0.4, -0.2) is 81.9 Å². The summed E-state index contributed by atoms with van der Waals surface area (Å²) >= 11 is 0. The second kappa shape index (κ2) is 7.94. The lowest BCUT2D eigenvalue weighted by Gasteiger charge is -2.37. The topological polar surface area (TPSA) is 70.2 Å². The number of hydrogen-bond acceptors (Lipinski definition) is 5. The summed E-state index contributed by atoms with van der Waals surface area (Å²) in [5.41, 5.74) is 0. The minimum atomic E-state index is -3.59. The lowest BCUT2D eigenvalue weighted by atomic mass is 9.98. The van der Waals surface area contributed by atoms with Gasteiger partial charge in [-0.3, -0.25) is 4.79 Å². The van der Waals surface area contributed by atoms with Gasteiger partial charge in [0, 0.05) is 39.3 Å². The molecule has 1 aromatic carbocycles. The van der Waals surface area contributed by atoms with E-state index in [0.717, 1.165) is 32.6 Å². The van der Waals surface area contributed by atoms with Crippen LogP contribution in [0.5, 0.6) is 5.75 Å². The molecule has 0 unspecified atom stereocenters. The number of nitrogens with zero attached hydrogens (tertiary/aromatic N) is 3. The van der Waals surface area contributed by atoms with E-state index in [1.54, 1.807) is 31.4 Å². The molecular weight excluding hydrogens is 354 g/mol. The standard InChI is InChI=1S/C18H27N3O4S/c1-19-10-12-20(13-11-19)18(22)15-4-3-9-21(14-15)26(23,24)17-7-5-16(25-2)6-8-17/h5-8,15H,3-4,9-14H2,1-2H3/t15-/m1/s1. The van der Waals surface area contributed by atoms with Crippen LogP contribution in [0.3, 0.4) is 0 Å². The molecule has 1 amide bonds. The Kier molecular flexibility index (Phi) is 5.84. The van der Waals surface area contributed by atoms with E-state index in [1.165, 1.54) is 4.31 Å². The molecule has 0 radical (unpaired) electrons. The van der Waals surface area contributed by atoms with Gasteiger partial charge in [-0.2, -0.15) is 4.31 Å². The van der Waals surface area contributed by atoms with Crippen molar-refractivity contribution in [2.75, 3.05) is 53.4 Å². The third-order valence-electron chi connectivity index (χ3n) is 5.25. The van der Waals surface area contributed by atoms with E-state index >= 15 is 0 Å². The van der Waals surface area contributed by atoms with E-state index in [1.807, 2.05) is 11.9 Å². The third kappa shape index (κ3) is 4.02. The molecule has 2 saturated heterocycles. The Labute approximate surface area is 155 Å². The molecule has 0 saturated carbocycles. The molecule has 0 bridgehead atoms. The molecule has 1 atom stereocenters. The summed E-state index contributed by atoms with van der Waals surface area (Å²) in [6.45, 7) is 3.90. The minimum absolute atomic E-state index is 0.0905. The first-order valence-electron chi connectivity index (χ1n) is 9.03. The number of rotatable bonds is 4. The molecule has 1 aromatic rings. The molecule has 0 aliphatic carbocycles. The molecule has 0 aromatic heterocycles. The zero-order valence-electron chi connectivity index (χ0n) is 15.4. The Balaban J connectivity index is 1.69. The van der Waals surface area contributed by atoms with E-state index in [9.17, 15) is 13.2 Å². The summed E-state index contributed by atoms with van der Waals surface area (Å²) in [6.07, 6.45) is 1.46. The maximum Gasteiger partial charge on any atom is 0.243 e. The van der Waals surface area contributed by atoms with Gasteiger partial charge in [0.05, 0.1) is 17.9 Å². The van der Waals surface area contributed by atoms with Gasteiger partial charge in [-0.05, 0) is 44.2 Å². The maximum atomic E-state index is 12.9. The normalized spacial score (nSPS) is 23.0. The summed E-state index contributed by atoms with van der Waals surface area (Å²) in [5, 5.41) is 0. The lowest BCUT2D eigenvalue weighted by Crippen LogP contribution is -2.52. The Morgan fingerprint density at radius 1 is 1.08 bits per heavy atom. The predicted octanol–water partition coefficient (Wildman–Crippen LogP) is 0.870. The number of methoxy groups -OCH3 is 1. The molecular formula is C18H27N3O4S. The molecule has 0 spiro atoms. The van der Waals surface area contributed by atoms with Crippen molar-refractivity contribution in [2.45, 2.75) is 17.7 Å². The second-order valence-electron chi connectivity index (χ2n) is 7.01. The zero-order chi connectivity index (χ0) is 18.7. The van der Waals surface area contributed by atoms with Gasteiger partial charge in [-0.1, -0.05) is 0 Å². The van der Waals surface area contributed by atoms with E-state index in [4.69, 9.17) is 4.74 Å². The first-order valence-corrected chi connectivity index (χ1v) is 10.5. The number of carbonyl (C=O) groups excluding carboxylic acids is 1. The van der Waals surface area contributed by atoms with Crippen LogP contribution in [0.25, 0.3) is 0 Å². The van der Waals surface area contributed by atoms with Gasteiger partial charge in [0.2, 0.25) is 15.9 Å². The number of benzene rings is 1. The molecule has 144 valence electrons. The van der Waals surface area contributed by atoms with E-state index in [2.05, 4.69) is 4.90 Å². The first-order chi connectivity index (χ1) is 12.4. The summed E-state index contributed by atoms with van der Waals surface area (Å²) in [6, 6.07) is 6.40. The van der Waals surface area contributed by atoms with Crippen molar-refractivity contribution in [3.63, 3.8) is 0 Å². The summed E-state index contributed by atoms with van der Waals surface area (Å²) < 4.78 is 32.4. The van der Waals surface area contributed by atoms with Gasteiger partial charge in [-0.15, -0.1) is 0 Å². The average molecular weight is 381 g/mol. The smallest absolute Gasteiger partial charge is 0.243 e. The maximum absolute atomic E-state index is 12.9. The number of piperidine rings is 1. The molecule has 26 heavy (non-hydrogen) atoms. The minimum Gasteiger partial charge on any atom is -0.497 e. The van der Waals surface area contributed by atoms with Crippen LogP contribution < -0.4 is 4.74 Å². The average Bonchev–Trinajstić information content (AvgIpc) is 2.68. The molecule has 2 heterocycles. The van der Waals surface area contributed by atoms with Crippen LogP contribution in [-0.2, 0) is 14.8 Å². The van der Waals surface area contributed by atoms with Gasteiger partial charge >= 0.3 is 0 Å². The van der Waals surface area contributed by atoms with Gasteiger partial charge in [0.25, 0.3) is 0 Å². The fraction of sp³-hybridized carbons (Fsp3) is 0.611. The highest BCUT2D eigenvalue weighted by Gasteiger charge is 2.35. The number of ether oxygens (including phenoxy) is 1. The largest absolute Gasteiger partial charge is 0.497 e. The Hall–Kier alpha value is -1.64. The Bertz CT molecular complexity index is 727. The van der Waals surface area contributed by atoms with Crippen molar-refractivity contribution in [2.24, 2.45) is 5.92 Å². The van der Waals surface area contributed by atoms with Crippen molar-refractivity contribution in [3.05, 3.63) is 24.3 Å². The van der Waals surface area contributed by atoms with Crippen LogP contribution in [0.4, 0.5) is 0 Å². The molecule has 0 N–H and O–H groups in total. The quantitative estimate of drug-likeness (QED) is 0.774. The van der Waals surface area contributed by atoms with Gasteiger partial charge in [-0.25, -0.2) is 8.42 Å². The second-order valence-corrected chi connectivity index (χ2v) is 8.94. The number of hydrogen-bond donors (Lipinski definition) is 0. The molecule has 3 rings (SSSR count). The van der Waals surface area contributed by atoms with Crippen molar-refractivity contribution in [3.8, 4) is 5.75 Å². The van der Waals surface area contributed by atoms with Crippen LogP contribution >= 0.6 is 0 Å². The van der Waals surface area contributed by atoms with Crippen molar-refractivity contribution in [1.82, 2.24) is 14.1 Å². The summed E-state index contributed by atoms with van der Waals surface area (Å²) in [7, 11) is -0.00258.